The van der Waals surface area contributed by atoms with Crippen LogP contribution in [0.25, 0.3) is 11.0 Å². The first-order valence-electron chi connectivity index (χ1n) is 7.71. The molecule has 8 nitrogen and oxygen atoms in total. The predicted molar refractivity (Wildman–Crippen MR) is 85.0 cm³/mol. The van der Waals surface area contributed by atoms with Crippen LogP contribution >= 0.6 is 0 Å². The van der Waals surface area contributed by atoms with E-state index in [2.05, 4.69) is 37.4 Å². The van der Waals surface area contributed by atoms with Crippen LogP contribution < -0.4 is 5.32 Å². The van der Waals surface area contributed by atoms with E-state index in [0.717, 1.165) is 30.8 Å². The number of amides is 1. The molecule has 122 valence electrons. The van der Waals surface area contributed by atoms with Crippen molar-refractivity contribution in [3.8, 4) is 0 Å². The topological polar surface area (TPSA) is 97.0 Å². The molecular weight excluding hydrogens is 308 g/mol. The van der Waals surface area contributed by atoms with Crippen LogP contribution in [0.2, 0.25) is 0 Å². The molecule has 3 aromatic heterocycles. The molecule has 1 aliphatic heterocycles. The quantitative estimate of drug-likeness (QED) is 0.765. The number of fused-ring (bicyclic) bond motifs is 2. The second kappa shape index (κ2) is 5.97. The van der Waals surface area contributed by atoms with E-state index >= 15 is 0 Å². The van der Waals surface area contributed by atoms with Gasteiger partial charge in [-0.15, -0.1) is 0 Å². The zero-order valence-electron chi connectivity index (χ0n) is 13.2. The van der Waals surface area contributed by atoms with E-state index in [1.54, 1.807) is 18.3 Å². The van der Waals surface area contributed by atoms with Crippen molar-refractivity contribution in [3.05, 3.63) is 47.4 Å². The molecule has 0 unspecified atom stereocenters. The van der Waals surface area contributed by atoms with Crippen LogP contribution in [0.4, 0.5) is 0 Å². The van der Waals surface area contributed by atoms with E-state index in [-0.39, 0.29) is 18.2 Å². The van der Waals surface area contributed by atoms with Crippen molar-refractivity contribution in [2.24, 2.45) is 0 Å². The van der Waals surface area contributed by atoms with Crippen LogP contribution in [0, 0.1) is 0 Å². The normalized spacial score (nSPS) is 14.5. The highest BCUT2D eigenvalue weighted by Gasteiger charge is 2.18. The standard InChI is InChI=1S/C16H16N6O2/c1-22-6-4-12-10(9-22)7-18-13(20-12)8-19-16(23)14-11-3-2-5-17-15(11)21-24-14/h2-3,5,7H,4,6,8-9H2,1H3,(H,19,23). The van der Waals surface area contributed by atoms with Crippen molar-refractivity contribution in [1.82, 2.24) is 30.3 Å². The van der Waals surface area contributed by atoms with E-state index in [1.807, 2.05) is 6.20 Å². The Morgan fingerprint density at radius 2 is 2.33 bits per heavy atom. The number of carbonyl (C=O) groups is 1. The van der Waals surface area contributed by atoms with Gasteiger partial charge < -0.3 is 14.7 Å². The van der Waals surface area contributed by atoms with Crippen LogP contribution in [0.1, 0.15) is 27.6 Å². The van der Waals surface area contributed by atoms with E-state index in [9.17, 15) is 4.79 Å². The maximum atomic E-state index is 12.3. The average Bonchev–Trinajstić information content (AvgIpc) is 3.04. The highest BCUT2D eigenvalue weighted by molar-refractivity contribution is 6.02. The first kappa shape index (κ1) is 14.7. The molecule has 0 saturated heterocycles. The van der Waals surface area contributed by atoms with E-state index in [1.165, 1.54) is 0 Å². The van der Waals surface area contributed by atoms with E-state index < -0.39 is 0 Å². The summed E-state index contributed by atoms with van der Waals surface area (Å²) in [6.45, 7) is 2.08. The Balaban J connectivity index is 1.48. The van der Waals surface area contributed by atoms with Gasteiger partial charge in [0.2, 0.25) is 11.4 Å². The van der Waals surface area contributed by atoms with Crippen molar-refractivity contribution in [1.29, 1.82) is 0 Å². The van der Waals surface area contributed by atoms with Crippen molar-refractivity contribution in [2.45, 2.75) is 19.5 Å². The van der Waals surface area contributed by atoms with Crippen LogP contribution in [0.5, 0.6) is 0 Å². The predicted octanol–water partition coefficient (Wildman–Crippen LogP) is 0.931. The summed E-state index contributed by atoms with van der Waals surface area (Å²) in [5, 5.41) is 7.14. The number of likely N-dealkylation sites (N-methyl/N-ethyl adjacent to an activating group) is 1. The maximum absolute atomic E-state index is 12.3. The molecule has 0 radical (unpaired) electrons. The first-order chi connectivity index (χ1) is 11.7. The minimum absolute atomic E-state index is 0.151. The molecule has 24 heavy (non-hydrogen) atoms. The Kier molecular flexibility index (Phi) is 3.66. The lowest BCUT2D eigenvalue weighted by Gasteiger charge is -2.23. The molecule has 1 N–H and O–H groups in total. The molecule has 8 heteroatoms. The third-order valence-corrected chi connectivity index (χ3v) is 4.04. The fourth-order valence-corrected chi connectivity index (χ4v) is 2.77. The molecule has 1 aliphatic rings. The largest absolute Gasteiger partial charge is 0.348 e. The van der Waals surface area contributed by atoms with Crippen LogP contribution in [0.15, 0.2) is 29.0 Å². The second-order valence-electron chi connectivity index (χ2n) is 5.81. The molecule has 0 bridgehead atoms. The monoisotopic (exact) mass is 324 g/mol. The molecule has 0 atom stereocenters. The van der Waals surface area contributed by atoms with Gasteiger partial charge in [-0.25, -0.2) is 15.0 Å². The van der Waals surface area contributed by atoms with Gasteiger partial charge in [0.25, 0.3) is 5.91 Å². The minimum atomic E-state index is -0.355. The van der Waals surface area contributed by atoms with Gasteiger partial charge in [-0.3, -0.25) is 4.79 Å². The molecule has 0 aromatic carbocycles. The van der Waals surface area contributed by atoms with Gasteiger partial charge >= 0.3 is 0 Å². The zero-order valence-corrected chi connectivity index (χ0v) is 13.2. The summed E-state index contributed by atoms with van der Waals surface area (Å²) in [5.41, 5.74) is 2.62. The van der Waals surface area contributed by atoms with Gasteiger partial charge in [0.15, 0.2) is 0 Å². The van der Waals surface area contributed by atoms with Crippen LogP contribution in [-0.4, -0.2) is 44.5 Å². The fraction of sp³-hybridized carbons (Fsp3) is 0.312. The average molecular weight is 324 g/mol. The number of nitrogens with one attached hydrogen (secondary N) is 1. The SMILES string of the molecule is CN1CCc2nc(CNC(=O)c3onc4ncccc34)ncc2C1. The molecule has 1 amide bonds. The molecule has 0 aliphatic carbocycles. The number of nitrogens with zero attached hydrogens (tertiary/aromatic N) is 5. The number of pyridine rings is 1. The lowest BCUT2D eigenvalue weighted by atomic mass is 10.1. The number of hydrogen-bond acceptors (Lipinski definition) is 7. The summed E-state index contributed by atoms with van der Waals surface area (Å²) in [5.74, 6) is 0.387. The van der Waals surface area contributed by atoms with Gasteiger partial charge in [-0.1, -0.05) is 5.16 Å². The molecule has 0 spiro atoms. The van der Waals surface area contributed by atoms with Crippen LogP contribution in [0.3, 0.4) is 0 Å². The Labute approximate surface area is 137 Å². The molecule has 0 saturated carbocycles. The van der Waals surface area contributed by atoms with Gasteiger partial charge in [0.1, 0.15) is 5.82 Å². The Bertz CT molecular complexity index is 906. The summed E-state index contributed by atoms with van der Waals surface area (Å²) in [4.78, 5) is 27.4. The van der Waals surface area contributed by atoms with Gasteiger partial charge in [-0.2, -0.15) is 0 Å². The molecule has 3 aromatic rings. The summed E-state index contributed by atoms with van der Waals surface area (Å²) in [7, 11) is 2.08. The minimum Gasteiger partial charge on any atom is -0.348 e. The summed E-state index contributed by atoms with van der Waals surface area (Å²) < 4.78 is 5.10. The lowest BCUT2D eigenvalue weighted by molar-refractivity contribution is 0.0915. The number of hydrogen-bond donors (Lipinski definition) is 1. The molecule has 4 heterocycles. The third kappa shape index (κ3) is 2.71. The van der Waals surface area contributed by atoms with Gasteiger partial charge in [0.05, 0.1) is 11.9 Å². The Morgan fingerprint density at radius 3 is 3.25 bits per heavy atom. The lowest BCUT2D eigenvalue weighted by Crippen LogP contribution is -2.29. The van der Waals surface area contributed by atoms with Crippen molar-refractivity contribution in [3.63, 3.8) is 0 Å². The third-order valence-electron chi connectivity index (χ3n) is 4.04. The highest BCUT2D eigenvalue weighted by Crippen LogP contribution is 2.16. The van der Waals surface area contributed by atoms with Gasteiger partial charge in [0, 0.05) is 43.2 Å². The summed E-state index contributed by atoms with van der Waals surface area (Å²) in [6.07, 6.45) is 4.34. The number of carbonyl (C=O) groups excluding carboxylic acids is 1. The first-order valence-corrected chi connectivity index (χ1v) is 7.71. The number of aromatic nitrogens is 4. The highest BCUT2D eigenvalue weighted by atomic mass is 16.5. The van der Waals surface area contributed by atoms with E-state index in [0.29, 0.717) is 16.9 Å². The molecular formula is C16H16N6O2. The summed E-state index contributed by atoms with van der Waals surface area (Å²) in [6, 6.07) is 3.49. The maximum Gasteiger partial charge on any atom is 0.291 e. The molecule has 0 fully saturated rings. The zero-order chi connectivity index (χ0) is 16.5. The second-order valence-corrected chi connectivity index (χ2v) is 5.81. The van der Waals surface area contributed by atoms with Crippen molar-refractivity contribution < 1.29 is 9.32 Å². The molecule has 4 rings (SSSR count). The fourth-order valence-electron chi connectivity index (χ4n) is 2.77. The van der Waals surface area contributed by atoms with Crippen LogP contribution in [-0.2, 0) is 19.5 Å². The van der Waals surface area contributed by atoms with Crippen molar-refractivity contribution >= 4 is 16.9 Å². The smallest absolute Gasteiger partial charge is 0.291 e. The number of rotatable bonds is 3. The van der Waals surface area contributed by atoms with Crippen molar-refractivity contribution in [2.75, 3.05) is 13.6 Å². The summed E-state index contributed by atoms with van der Waals surface area (Å²) >= 11 is 0. The Morgan fingerprint density at radius 1 is 1.42 bits per heavy atom. The van der Waals surface area contributed by atoms with Gasteiger partial charge in [-0.05, 0) is 19.2 Å². The Hall–Kier alpha value is -2.87. The van der Waals surface area contributed by atoms with E-state index in [4.69, 9.17) is 4.52 Å².